The molecule has 3 heterocycles. The molecule has 100 valence electrons. The van der Waals surface area contributed by atoms with E-state index in [1.807, 2.05) is 4.90 Å². The van der Waals surface area contributed by atoms with Gasteiger partial charge in [0.1, 0.15) is 0 Å². The van der Waals surface area contributed by atoms with Crippen molar-refractivity contribution < 1.29 is 9.32 Å². The number of H-pyrrole nitrogens is 1. The summed E-state index contributed by atoms with van der Waals surface area (Å²) in [6, 6.07) is 0. The number of amides is 1. The number of carbonyl (C=O) groups excluding carboxylic acids is 1. The Morgan fingerprint density at radius 2 is 2.47 bits per heavy atom. The molecule has 1 unspecified atom stereocenters. The molecule has 7 nitrogen and oxygen atoms in total. The second kappa shape index (κ2) is 4.83. The van der Waals surface area contributed by atoms with E-state index in [-0.39, 0.29) is 11.8 Å². The van der Waals surface area contributed by atoms with Crippen molar-refractivity contribution in [2.45, 2.75) is 25.7 Å². The van der Waals surface area contributed by atoms with Gasteiger partial charge >= 0.3 is 0 Å². The predicted octanol–water partition coefficient (Wildman–Crippen LogP) is 1.12. The van der Waals surface area contributed by atoms with Crippen LogP contribution in [-0.2, 0) is 0 Å². The van der Waals surface area contributed by atoms with Crippen LogP contribution in [0.15, 0.2) is 16.9 Å². The SMILES string of the molecule is Cc1noc(C2CCCN(C(=O)c3cn[nH]c3)C2)n1. The number of hydrogen-bond donors (Lipinski definition) is 1. The van der Waals surface area contributed by atoms with E-state index in [2.05, 4.69) is 20.3 Å². The van der Waals surface area contributed by atoms with Gasteiger partial charge in [0, 0.05) is 19.3 Å². The third-order valence-corrected chi connectivity index (χ3v) is 3.35. The highest BCUT2D eigenvalue weighted by Crippen LogP contribution is 2.26. The molecule has 1 aliphatic heterocycles. The summed E-state index contributed by atoms with van der Waals surface area (Å²) < 4.78 is 5.20. The average Bonchev–Trinajstić information content (AvgIpc) is 3.09. The number of aryl methyl sites for hydroxylation is 1. The summed E-state index contributed by atoms with van der Waals surface area (Å²) in [5.74, 6) is 1.39. The number of piperidine rings is 1. The summed E-state index contributed by atoms with van der Waals surface area (Å²) in [5, 5.41) is 10.3. The molecule has 0 saturated carbocycles. The van der Waals surface area contributed by atoms with Gasteiger partial charge in [0.05, 0.1) is 17.7 Å². The molecule has 3 rings (SSSR count). The Bertz CT molecular complexity index is 562. The van der Waals surface area contributed by atoms with E-state index in [0.29, 0.717) is 23.8 Å². The molecule has 1 aliphatic rings. The van der Waals surface area contributed by atoms with Crippen molar-refractivity contribution in [1.29, 1.82) is 0 Å². The quantitative estimate of drug-likeness (QED) is 0.875. The van der Waals surface area contributed by atoms with Crippen molar-refractivity contribution in [3.05, 3.63) is 29.7 Å². The Hall–Kier alpha value is -2.18. The predicted molar refractivity (Wildman–Crippen MR) is 65.5 cm³/mol. The second-order valence-corrected chi connectivity index (χ2v) is 4.76. The van der Waals surface area contributed by atoms with Crippen LogP contribution in [-0.4, -0.2) is 44.2 Å². The first-order chi connectivity index (χ1) is 9.24. The van der Waals surface area contributed by atoms with Gasteiger partial charge in [0.15, 0.2) is 5.82 Å². The molecule has 1 N–H and O–H groups in total. The van der Waals surface area contributed by atoms with Crippen molar-refractivity contribution in [3.8, 4) is 0 Å². The standard InChI is InChI=1S/C12H15N5O2/c1-8-15-11(19-16-8)9-3-2-4-17(7-9)12(18)10-5-13-14-6-10/h5-6,9H,2-4,7H2,1H3,(H,13,14). The van der Waals surface area contributed by atoms with Gasteiger partial charge in [-0.1, -0.05) is 5.16 Å². The summed E-state index contributed by atoms with van der Waals surface area (Å²) >= 11 is 0. The van der Waals surface area contributed by atoms with Gasteiger partial charge in [-0.2, -0.15) is 10.1 Å². The Kier molecular flexibility index (Phi) is 3.02. The largest absolute Gasteiger partial charge is 0.339 e. The third kappa shape index (κ3) is 2.35. The van der Waals surface area contributed by atoms with Gasteiger partial charge in [-0.05, 0) is 19.8 Å². The number of likely N-dealkylation sites (tertiary alicyclic amines) is 1. The molecule has 2 aromatic heterocycles. The number of aromatic nitrogens is 4. The highest BCUT2D eigenvalue weighted by atomic mass is 16.5. The van der Waals surface area contributed by atoms with Crippen molar-refractivity contribution >= 4 is 5.91 Å². The molecule has 0 radical (unpaired) electrons. The van der Waals surface area contributed by atoms with Crippen LogP contribution in [0.2, 0.25) is 0 Å². The second-order valence-electron chi connectivity index (χ2n) is 4.76. The first kappa shape index (κ1) is 11.9. The van der Waals surface area contributed by atoms with E-state index in [4.69, 9.17) is 4.52 Å². The molecule has 0 aromatic carbocycles. The topological polar surface area (TPSA) is 87.9 Å². The van der Waals surface area contributed by atoms with Crippen LogP contribution < -0.4 is 0 Å². The zero-order chi connectivity index (χ0) is 13.2. The molecule has 7 heteroatoms. The lowest BCUT2D eigenvalue weighted by molar-refractivity contribution is 0.0695. The lowest BCUT2D eigenvalue weighted by Gasteiger charge is -2.30. The normalized spacial score (nSPS) is 19.6. The Morgan fingerprint density at radius 3 is 3.16 bits per heavy atom. The zero-order valence-corrected chi connectivity index (χ0v) is 10.7. The molecule has 2 aromatic rings. The maximum atomic E-state index is 12.2. The minimum Gasteiger partial charge on any atom is -0.339 e. The van der Waals surface area contributed by atoms with Crippen molar-refractivity contribution in [2.75, 3.05) is 13.1 Å². The summed E-state index contributed by atoms with van der Waals surface area (Å²) in [6.07, 6.45) is 5.07. The lowest BCUT2D eigenvalue weighted by Crippen LogP contribution is -2.39. The van der Waals surface area contributed by atoms with Gasteiger partial charge in [-0.25, -0.2) is 0 Å². The molecule has 1 amide bonds. The summed E-state index contributed by atoms with van der Waals surface area (Å²) in [7, 11) is 0. The van der Waals surface area contributed by atoms with E-state index in [1.165, 1.54) is 0 Å². The van der Waals surface area contributed by atoms with Gasteiger partial charge in [-0.3, -0.25) is 9.89 Å². The minimum atomic E-state index is -0.00492. The van der Waals surface area contributed by atoms with E-state index in [1.54, 1.807) is 19.3 Å². The summed E-state index contributed by atoms with van der Waals surface area (Å²) in [6.45, 7) is 3.17. The van der Waals surface area contributed by atoms with Crippen LogP contribution in [0.4, 0.5) is 0 Å². The fourth-order valence-corrected chi connectivity index (χ4v) is 2.39. The molecule has 1 atom stereocenters. The highest BCUT2D eigenvalue weighted by Gasteiger charge is 2.28. The van der Waals surface area contributed by atoms with Crippen LogP contribution in [0.3, 0.4) is 0 Å². The van der Waals surface area contributed by atoms with Crippen molar-refractivity contribution in [1.82, 2.24) is 25.2 Å². The van der Waals surface area contributed by atoms with Gasteiger partial charge in [-0.15, -0.1) is 0 Å². The van der Waals surface area contributed by atoms with Crippen LogP contribution in [0.1, 0.15) is 40.8 Å². The van der Waals surface area contributed by atoms with Crippen LogP contribution in [0.25, 0.3) is 0 Å². The maximum Gasteiger partial charge on any atom is 0.257 e. The lowest BCUT2D eigenvalue weighted by atomic mass is 9.97. The molecule has 1 saturated heterocycles. The number of carbonyl (C=O) groups is 1. The maximum absolute atomic E-state index is 12.2. The Labute approximate surface area is 110 Å². The smallest absolute Gasteiger partial charge is 0.257 e. The fourth-order valence-electron chi connectivity index (χ4n) is 2.39. The molecule has 1 fully saturated rings. The van der Waals surface area contributed by atoms with Crippen LogP contribution >= 0.6 is 0 Å². The van der Waals surface area contributed by atoms with E-state index in [0.717, 1.165) is 19.4 Å². The minimum absolute atomic E-state index is 0.00492. The summed E-state index contributed by atoms with van der Waals surface area (Å²) in [5.41, 5.74) is 0.586. The van der Waals surface area contributed by atoms with Crippen LogP contribution in [0.5, 0.6) is 0 Å². The average molecular weight is 261 g/mol. The van der Waals surface area contributed by atoms with Gasteiger partial charge < -0.3 is 9.42 Å². The van der Waals surface area contributed by atoms with Crippen molar-refractivity contribution in [2.24, 2.45) is 0 Å². The van der Waals surface area contributed by atoms with Gasteiger partial charge in [0.2, 0.25) is 5.89 Å². The number of rotatable bonds is 2. The summed E-state index contributed by atoms with van der Waals surface area (Å²) in [4.78, 5) is 18.3. The number of nitrogens with one attached hydrogen (secondary N) is 1. The van der Waals surface area contributed by atoms with Crippen molar-refractivity contribution in [3.63, 3.8) is 0 Å². The number of hydrogen-bond acceptors (Lipinski definition) is 5. The monoisotopic (exact) mass is 261 g/mol. The highest BCUT2D eigenvalue weighted by molar-refractivity contribution is 5.93. The third-order valence-electron chi connectivity index (χ3n) is 3.35. The van der Waals surface area contributed by atoms with Gasteiger partial charge in [0.25, 0.3) is 5.91 Å². The number of nitrogens with zero attached hydrogens (tertiary/aromatic N) is 4. The Balaban J connectivity index is 1.73. The molecule has 19 heavy (non-hydrogen) atoms. The number of aromatic amines is 1. The molecular formula is C12H15N5O2. The molecule has 0 aliphatic carbocycles. The van der Waals surface area contributed by atoms with E-state index in [9.17, 15) is 4.79 Å². The first-order valence-corrected chi connectivity index (χ1v) is 6.32. The molecule has 0 bridgehead atoms. The fraction of sp³-hybridized carbons (Fsp3) is 0.500. The van der Waals surface area contributed by atoms with E-state index < -0.39 is 0 Å². The molecule has 0 spiro atoms. The first-order valence-electron chi connectivity index (χ1n) is 6.32. The van der Waals surface area contributed by atoms with Crippen LogP contribution in [0, 0.1) is 6.92 Å². The molecular weight excluding hydrogens is 246 g/mol. The zero-order valence-electron chi connectivity index (χ0n) is 10.7. The Morgan fingerprint density at radius 1 is 1.58 bits per heavy atom. The van der Waals surface area contributed by atoms with E-state index >= 15 is 0 Å².